The second kappa shape index (κ2) is 9.02. The van der Waals surface area contributed by atoms with Crippen LogP contribution in [0.4, 0.5) is 24.8 Å². The Bertz CT molecular complexity index is 424. The number of hydrogen-bond acceptors (Lipinski definition) is 4. The summed E-state index contributed by atoms with van der Waals surface area (Å²) in [6, 6.07) is 2.06. The third kappa shape index (κ3) is 6.93. The SMILES string of the molecule is CNc1cc(C(F)(F)F)cc(NCCCCCCSC)n1. The van der Waals surface area contributed by atoms with E-state index in [0.717, 1.165) is 37.1 Å². The molecule has 0 fully saturated rings. The van der Waals surface area contributed by atoms with Crippen LogP contribution in [0.25, 0.3) is 0 Å². The number of hydrogen-bond donors (Lipinski definition) is 2. The molecule has 1 heterocycles. The lowest BCUT2D eigenvalue weighted by Gasteiger charge is -2.12. The standard InChI is InChI=1S/C14H22F3N3S/c1-18-12-9-11(14(15,16)17)10-13(20-12)19-7-5-3-4-6-8-21-2/h9-10H,3-8H2,1-2H3,(H2,18,19,20). The van der Waals surface area contributed by atoms with Gasteiger partial charge in [-0.2, -0.15) is 24.9 Å². The second-order valence-electron chi connectivity index (χ2n) is 4.71. The first kappa shape index (κ1) is 17.9. The molecule has 0 saturated heterocycles. The normalized spacial score (nSPS) is 11.5. The number of pyridine rings is 1. The van der Waals surface area contributed by atoms with Gasteiger partial charge in [0.2, 0.25) is 0 Å². The molecule has 1 rings (SSSR count). The number of anilines is 2. The number of halogens is 3. The topological polar surface area (TPSA) is 37.0 Å². The van der Waals surface area contributed by atoms with Crippen molar-refractivity contribution in [2.45, 2.75) is 31.9 Å². The van der Waals surface area contributed by atoms with Crippen molar-refractivity contribution >= 4 is 23.4 Å². The van der Waals surface area contributed by atoms with Crippen LogP contribution >= 0.6 is 11.8 Å². The average molecular weight is 321 g/mol. The molecule has 2 N–H and O–H groups in total. The largest absolute Gasteiger partial charge is 0.416 e. The Morgan fingerprint density at radius 3 is 2.38 bits per heavy atom. The maximum absolute atomic E-state index is 12.8. The Morgan fingerprint density at radius 2 is 1.76 bits per heavy atom. The molecule has 21 heavy (non-hydrogen) atoms. The molecule has 1 aromatic heterocycles. The van der Waals surface area contributed by atoms with Crippen molar-refractivity contribution in [2.24, 2.45) is 0 Å². The van der Waals surface area contributed by atoms with Crippen molar-refractivity contribution < 1.29 is 13.2 Å². The lowest BCUT2D eigenvalue weighted by atomic mass is 10.2. The molecule has 0 aromatic carbocycles. The highest BCUT2D eigenvalue weighted by atomic mass is 32.2. The van der Waals surface area contributed by atoms with Crippen molar-refractivity contribution in [2.75, 3.05) is 36.2 Å². The van der Waals surface area contributed by atoms with E-state index in [-0.39, 0.29) is 11.6 Å². The van der Waals surface area contributed by atoms with E-state index in [1.165, 1.54) is 6.42 Å². The van der Waals surface area contributed by atoms with Gasteiger partial charge in [-0.3, -0.25) is 0 Å². The monoisotopic (exact) mass is 321 g/mol. The maximum atomic E-state index is 12.8. The summed E-state index contributed by atoms with van der Waals surface area (Å²) >= 11 is 1.83. The molecule has 1 aromatic rings. The van der Waals surface area contributed by atoms with Gasteiger partial charge in [0.25, 0.3) is 0 Å². The Hall–Kier alpha value is -1.11. The highest BCUT2D eigenvalue weighted by molar-refractivity contribution is 7.98. The number of aromatic nitrogens is 1. The number of nitrogens with zero attached hydrogens (tertiary/aromatic N) is 1. The zero-order valence-electron chi connectivity index (χ0n) is 12.4. The number of unbranched alkanes of at least 4 members (excludes halogenated alkanes) is 3. The minimum absolute atomic E-state index is 0.215. The van der Waals surface area contributed by atoms with E-state index < -0.39 is 11.7 Å². The number of thioether (sulfide) groups is 1. The Kier molecular flexibility index (Phi) is 7.71. The van der Waals surface area contributed by atoms with Crippen LogP contribution in [-0.4, -0.2) is 30.6 Å². The maximum Gasteiger partial charge on any atom is 0.416 e. The van der Waals surface area contributed by atoms with Crippen molar-refractivity contribution in [1.29, 1.82) is 0 Å². The first-order chi connectivity index (χ1) is 9.97. The molecule has 0 unspecified atom stereocenters. The molecule has 0 radical (unpaired) electrons. The van der Waals surface area contributed by atoms with Gasteiger partial charge in [0, 0.05) is 13.6 Å². The van der Waals surface area contributed by atoms with Crippen LogP contribution in [-0.2, 0) is 6.18 Å². The first-order valence-electron chi connectivity index (χ1n) is 6.97. The average Bonchev–Trinajstić information content (AvgIpc) is 2.45. The Labute approximate surface area is 128 Å². The van der Waals surface area contributed by atoms with E-state index in [1.807, 2.05) is 11.8 Å². The summed E-state index contributed by atoms with van der Waals surface area (Å²) in [4.78, 5) is 4.09. The number of nitrogens with one attached hydrogen (secondary N) is 2. The van der Waals surface area contributed by atoms with Gasteiger partial charge >= 0.3 is 6.18 Å². The van der Waals surface area contributed by atoms with Gasteiger partial charge in [-0.1, -0.05) is 12.8 Å². The Morgan fingerprint density at radius 1 is 1.10 bits per heavy atom. The van der Waals surface area contributed by atoms with E-state index in [4.69, 9.17) is 0 Å². The first-order valence-corrected chi connectivity index (χ1v) is 8.36. The zero-order chi connectivity index (χ0) is 15.7. The van der Waals surface area contributed by atoms with Crippen LogP contribution in [0.5, 0.6) is 0 Å². The fourth-order valence-corrected chi connectivity index (χ4v) is 2.35. The van der Waals surface area contributed by atoms with Crippen molar-refractivity contribution in [3.05, 3.63) is 17.7 Å². The molecular formula is C14H22F3N3S. The second-order valence-corrected chi connectivity index (χ2v) is 5.69. The third-order valence-corrected chi connectivity index (χ3v) is 3.69. The smallest absolute Gasteiger partial charge is 0.373 e. The van der Waals surface area contributed by atoms with Crippen LogP contribution in [0.1, 0.15) is 31.2 Å². The molecule has 0 aliphatic rings. The van der Waals surface area contributed by atoms with Crippen LogP contribution in [0.3, 0.4) is 0 Å². The highest BCUT2D eigenvalue weighted by Crippen LogP contribution is 2.31. The molecule has 3 nitrogen and oxygen atoms in total. The molecule has 0 atom stereocenters. The van der Waals surface area contributed by atoms with E-state index in [9.17, 15) is 13.2 Å². The molecule has 120 valence electrons. The minimum Gasteiger partial charge on any atom is -0.373 e. The van der Waals surface area contributed by atoms with Gasteiger partial charge in [0.15, 0.2) is 0 Å². The van der Waals surface area contributed by atoms with Crippen molar-refractivity contribution in [3.8, 4) is 0 Å². The third-order valence-electron chi connectivity index (χ3n) is 2.99. The molecule has 0 spiro atoms. The summed E-state index contributed by atoms with van der Waals surface area (Å²) in [5.74, 6) is 1.64. The van der Waals surface area contributed by atoms with Gasteiger partial charge in [-0.05, 0) is 37.0 Å². The molecule has 7 heteroatoms. The predicted molar refractivity (Wildman–Crippen MR) is 84.1 cm³/mol. The van der Waals surface area contributed by atoms with E-state index >= 15 is 0 Å². The fraction of sp³-hybridized carbons (Fsp3) is 0.643. The number of rotatable bonds is 9. The van der Waals surface area contributed by atoms with Gasteiger partial charge in [-0.25, -0.2) is 4.98 Å². The van der Waals surface area contributed by atoms with E-state index in [0.29, 0.717) is 6.54 Å². The van der Waals surface area contributed by atoms with Crippen LogP contribution in [0.15, 0.2) is 12.1 Å². The van der Waals surface area contributed by atoms with E-state index in [2.05, 4.69) is 21.9 Å². The molecule has 0 bridgehead atoms. The van der Waals surface area contributed by atoms with Gasteiger partial charge < -0.3 is 10.6 Å². The van der Waals surface area contributed by atoms with Crippen LogP contribution in [0.2, 0.25) is 0 Å². The quantitative estimate of drug-likeness (QED) is 0.658. The summed E-state index contributed by atoms with van der Waals surface area (Å²) in [5.41, 5.74) is -0.690. The Balaban J connectivity index is 2.47. The van der Waals surface area contributed by atoms with Gasteiger partial charge in [0.05, 0.1) is 5.56 Å². The fourth-order valence-electron chi connectivity index (χ4n) is 1.85. The molecule has 0 saturated carbocycles. The molecular weight excluding hydrogens is 299 g/mol. The van der Waals surface area contributed by atoms with Crippen molar-refractivity contribution in [1.82, 2.24) is 4.98 Å². The van der Waals surface area contributed by atoms with Crippen LogP contribution < -0.4 is 10.6 Å². The van der Waals surface area contributed by atoms with Gasteiger partial charge in [-0.15, -0.1) is 0 Å². The number of alkyl halides is 3. The summed E-state index contributed by atoms with van der Waals surface area (Å²) in [5, 5.41) is 5.62. The van der Waals surface area contributed by atoms with Crippen molar-refractivity contribution in [3.63, 3.8) is 0 Å². The van der Waals surface area contributed by atoms with E-state index in [1.54, 1.807) is 7.05 Å². The predicted octanol–water partition coefficient (Wildman–Crippen LogP) is 4.48. The minimum atomic E-state index is -4.36. The van der Waals surface area contributed by atoms with Gasteiger partial charge in [0.1, 0.15) is 11.6 Å². The van der Waals surface area contributed by atoms with Crippen LogP contribution in [0, 0.1) is 0 Å². The summed E-state index contributed by atoms with van der Waals surface area (Å²) in [6.07, 6.45) is 2.07. The molecule has 0 aliphatic heterocycles. The molecule has 0 aliphatic carbocycles. The zero-order valence-corrected chi connectivity index (χ0v) is 13.2. The lowest BCUT2D eigenvalue weighted by molar-refractivity contribution is -0.137. The molecule has 0 amide bonds. The summed E-state index contributed by atoms with van der Waals surface area (Å²) in [7, 11) is 1.55. The highest BCUT2D eigenvalue weighted by Gasteiger charge is 2.31. The summed E-state index contributed by atoms with van der Waals surface area (Å²) < 4.78 is 38.3. The summed E-state index contributed by atoms with van der Waals surface area (Å²) in [6.45, 7) is 0.636. The lowest BCUT2D eigenvalue weighted by Crippen LogP contribution is -2.10.